The van der Waals surface area contributed by atoms with Gasteiger partial charge < -0.3 is 15.7 Å². The lowest BCUT2D eigenvalue weighted by Crippen LogP contribution is -2.49. The summed E-state index contributed by atoms with van der Waals surface area (Å²) in [7, 11) is 1.98. The van der Waals surface area contributed by atoms with Gasteiger partial charge in [-0.05, 0) is 75.7 Å². The van der Waals surface area contributed by atoms with Gasteiger partial charge in [-0.3, -0.25) is 14.5 Å². The van der Waals surface area contributed by atoms with E-state index in [9.17, 15) is 14.7 Å². The summed E-state index contributed by atoms with van der Waals surface area (Å²) in [5, 5.41) is 17.4. The molecule has 0 radical (unpaired) electrons. The predicted molar refractivity (Wildman–Crippen MR) is 166 cm³/mol. The minimum atomic E-state index is -0.822. The molecule has 4 rings (SSSR count). The van der Waals surface area contributed by atoms with Crippen LogP contribution in [0.4, 0.5) is 0 Å². The molecule has 4 atom stereocenters. The van der Waals surface area contributed by atoms with Gasteiger partial charge in [0.05, 0.1) is 18.2 Å². The van der Waals surface area contributed by atoms with Crippen LogP contribution in [-0.4, -0.2) is 47.6 Å². The van der Waals surface area contributed by atoms with E-state index in [4.69, 9.17) is 0 Å². The molecule has 0 saturated heterocycles. The number of nitrogens with zero attached hydrogens (tertiary/aromatic N) is 1. The molecule has 7 heteroatoms. The molecule has 1 unspecified atom stereocenters. The molecular weight excluding hydrogens is 530 g/mol. The number of benzene rings is 3. The van der Waals surface area contributed by atoms with Crippen LogP contribution in [0.5, 0.6) is 0 Å². The lowest BCUT2D eigenvalue weighted by molar-refractivity contribution is 0.0656. The minimum absolute atomic E-state index is 0.0922. The van der Waals surface area contributed by atoms with Crippen LogP contribution in [0.25, 0.3) is 0 Å². The highest BCUT2D eigenvalue weighted by Crippen LogP contribution is 2.23. The van der Waals surface area contributed by atoms with Gasteiger partial charge in [-0.2, -0.15) is 0 Å². The first-order chi connectivity index (χ1) is 19.7. The molecule has 0 aliphatic carbocycles. The maximum atomic E-state index is 13.4. The lowest BCUT2D eigenvalue weighted by Gasteiger charge is -2.31. The second-order valence-electron chi connectivity index (χ2n) is 10.6. The van der Waals surface area contributed by atoms with Gasteiger partial charge in [0.25, 0.3) is 11.8 Å². The van der Waals surface area contributed by atoms with E-state index in [0.29, 0.717) is 24.1 Å². The quantitative estimate of drug-likeness (QED) is 0.197. The lowest BCUT2D eigenvalue weighted by atomic mass is 9.99. The number of nitrogens with one attached hydrogen (secondary N) is 2. The summed E-state index contributed by atoms with van der Waals surface area (Å²) in [6.45, 7) is 6.46. The first-order valence-corrected chi connectivity index (χ1v) is 14.8. The van der Waals surface area contributed by atoms with E-state index in [1.54, 1.807) is 35.6 Å². The van der Waals surface area contributed by atoms with Crippen molar-refractivity contribution < 1.29 is 14.7 Å². The zero-order chi connectivity index (χ0) is 29.4. The van der Waals surface area contributed by atoms with Gasteiger partial charge in [0.2, 0.25) is 0 Å². The van der Waals surface area contributed by atoms with Gasteiger partial charge in [-0.1, -0.05) is 66.7 Å². The number of carbonyl (C=O) groups is 2. The molecule has 4 aromatic rings. The van der Waals surface area contributed by atoms with Gasteiger partial charge in [0, 0.05) is 33.5 Å². The van der Waals surface area contributed by atoms with Crippen molar-refractivity contribution >= 4 is 23.2 Å². The molecular formula is C34H39N3O3S. The van der Waals surface area contributed by atoms with Crippen molar-refractivity contribution in [1.29, 1.82) is 0 Å². The van der Waals surface area contributed by atoms with Crippen molar-refractivity contribution in [2.75, 3.05) is 13.6 Å². The largest absolute Gasteiger partial charge is 0.390 e. The standard InChI is InChI=1S/C34H39N3O3S/c1-23-18-19-32(41-23)24(2)35-33(39)28-16-11-17-29(21-28)34(40)36-30(20-26-12-7-5-8-13-26)31(38)22-37(4)25(3)27-14-9-6-10-15-27/h5-19,21,24-25,30-31,38H,20,22H2,1-4H3,(H,35,39)(H,36,40)/t24?,25-,30-,31+/m0/s1. The van der Waals surface area contributed by atoms with Crippen LogP contribution in [0.15, 0.2) is 97.1 Å². The van der Waals surface area contributed by atoms with E-state index in [1.807, 2.05) is 81.6 Å². The predicted octanol–water partition coefficient (Wildman–Crippen LogP) is 5.94. The van der Waals surface area contributed by atoms with Crippen LogP contribution in [0, 0.1) is 6.92 Å². The molecule has 0 aliphatic rings. The number of carbonyl (C=O) groups excluding carboxylic acids is 2. The molecule has 3 N–H and O–H groups in total. The number of rotatable bonds is 12. The molecule has 0 aliphatic heterocycles. The maximum absolute atomic E-state index is 13.4. The molecule has 0 spiro atoms. The molecule has 2 amide bonds. The number of hydrogen-bond acceptors (Lipinski definition) is 5. The Morgan fingerprint density at radius 2 is 1.44 bits per heavy atom. The van der Waals surface area contributed by atoms with Gasteiger partial charge in [-0.15, -0.1) is 11.3 Å². The average Bonchev–Trinajstić information content (AvgIpc) is 3.43. The monoisotopic (exact) mass is 569 g/mol. The molecule has 41 heavy (non-hydrogen) atoms. The second-order valence-corrected chi connectivity index (χ2v) is 11.9. The topological polar surface area (TPSA) is 81.7 Å². The van der Waals surface area contributed by atoms with Crippen molar-refractivity contribution in [3.63, 3.8) is 0 Å². The molecule has 1 aromatic heterocycles. The number of thiophene rings is 1. The van der Waals surface area contributed by atoms with Gasteiger partial charge >= 0.3 is 0 Å². The van der Waals surface area contributed by atoms with Gasteiger partial charge in [0.15, 0.2) is 0 Å². The first kappa shape index (κ1) is 30.2. The Morgan fingerprint density at radius 1 is 0.829 bits per heavy atom. The molecule has 214 valence electrons. The van der Waals surface area contributed by atoms with E-state index in [-0.39, 0.29) is 23.9 Å². The smallest absolute Gasteiger partial charge is 0.251 e. The molecule has 1 heterocycles. The zero-order valence-corrected chi connectivity index (χ0v) is 24.9. The van der Waals surface area contributed by atoms with E-state index in [1.165, 1.54) is 4.88 Å². The Balaban J connectivity index is 1.46. The molecule has 6 nitrogen and oxygen atoms in total. The van der Waals surface area contributed by atoms with Crippen molar-refractivity contribution in [3.8, 4) is 0 Å². The van der Waals surface area contributed by atoms with Crippen molar-refractivity contribution in [1.82, 2.24) is 15.5 Å². The van der Waals surface area contributed by atoms with Crippen LogP contribution >= 0.6 is 11.3 Å². The summed E-state index contributed by atoms with van der Waals surface area (Å²) < 4.78 is 0. The number of hydrogen-bond donors (Lipinski definition) is 3. The van der Waals surface area contributed by atoms with E-state index in [0.717, 1.165) is 16.0 Å². The first-order valence-electron chi connectivity index (χ1n) is 14.0. The fourth-order valence-corrected chi connectivity index (χ4v) is 5.69. The van der Waals surface area contributed by atoms with Gasteiger partial charge in [0.1, 0.15) is 0 Å². The fourth-order valence-electron chi connectivity index (χ4n) is 4.81. The molecule has 3 aromatic carbocycles. The minimum Gasteiger partial charge on any atom is -0.390 e. The van der Waals surface area contributed by atoms with Crippen LogP contribution in [0.3, 0.4) is 0 Å². The highest BCUT2D eigenvalue weighted by Gasteiger charge is 2.26. The Bertz CT molecular complexity index is 1420. The SMILES string of the molecule is Cc1ccc(C(C)NC(=O)c2cccc(C(=O)N[C@@H](Cc3ccccc3)[C@H](O)CN(C)[C@@H](C)c3ccccc3)c2)s1. The summed E-state index contributed by atoms with van der Waals surface area (Å²) >= 11 is 1.65. The number of aliphatic hydroxyl groups excluding tert-OH is 1. The zero-order valence-electron chi connectivity index (χ0n) is 24.1. The Hall–Kier alpha value is -3.78. The van der Waals surface area contributed by atoms with Crippen LogP contribution in [0.2, 0.25) is 0 Å². The van der Waals surface area contributed by atoms with E-state index >= 15 is 0 Å². The third kappa shape index (κ3) is 8.36. The Morgan fingerprint density at radius 3 is 2.05 bits per heavy atom. The fraction of sp³-hybridized carbons (Fsp3) is 0.294. The van der Waals surface area contributed by atoms with E-state index in [2.05, 4.69) is 34.6 Å². The van der Waals surface area contributed by atoms with Crippen LogP contribution < -0.4 is 10.6 Å². The number of likely N-dealkylation sites (N-methyl/N-ethyl adjacent to an activating group) is 1. The molecule has 0 bridgehead atoms. The maximum Gasteiger partial charge on any atom is 0.251 e. The normalized spacial score (nSPS) is 14.2. The highest BCUT2D eigenvalue weighted by atomic mass is 32.1. The highest BCUT2D eigenvalue weighted by molar-refractivity contribution is 7.12. The average molecular weight is 570 g/mol. The summed E-state index contributed by atoms with van der Waals surface area (Å²) in [5.74, 6) is -0.573. The summed E-state index contributed by atoms with van der Waals surface area (Å²) in [6.07, 6.45) is -0.351. The number of aryl methyl sites for hydroxylation is 1. The summed E-state index contributed by atoms with van der Waals surface area (Å²) in [5.41, 5.74) is 2.95. The van der Waals surface area contributed by atoms with Crippen LogP contribution in [0.1, 0.15) is 67.5 Å². The summed E-state index contributed by atoms with van der Waals surface area (Å²) in [4.78, 5) is 30.8. The third-order valence-corrected chi connectivity index (χ3v) is 8.60. The number of aliphatic hydroxyl groups is 1. The molecule has 0 saturated carbocycles. The van der Waals surface area contributed by atoms with Crippen molar-refractivity contribution in [3.05, 3.63) is 129 Å². The Kier molecular flexibility index (Phi) is 10.5. The summed E-state index contributed by atoms with van der Waals surface area (Å²) in [6, 6.07) is 30.1. The Labute approximate surface area is 247 Å². The third-order valence-electron chi connectivity index (χ3n) is 7.42. The van der Waals surface area contributed by atoms with Crippen molar-refractivity contribution in [2.24, 2.45) is 0 Å². The van der Waals surface area contributed by atoms with Crippen molar-refractivity contribution in [2.45, 2.75) is 51.4 Å². The second kappa shape index (κ2) is 14.2. The molecule has 0 fully saturated rings. The van der Waals surface area contributed by atoms with E-state index < -0.39 is 12.1 Å². The van der Waals surface area contributed by atoms with Gasteiger partial charge in [-0.25, -0.2) is 0 Å². The number of amides is 2. The van der Waals surface area contributed by atoms with Crippen LogP contribution in [-0.2, 0) is 6.42 Å².